The highest BCUT2D eigenvalue weighted by Crippen LogP contribution is 2.34. The fourth-order valence-electron chi connectivity index (χ4n) is 2.30. The number of esters is 1. The van der Waals surface area contributed by atoms with Gasteiger partial charge in [0.05, 0.1) is 17.8 Å². The summed E-state index contributed by atoms with van der Waals surface area (Å²) in [5.74, 6) is 0.380. The second-order valence-corrected chi connectivity index (χ2v) is 6.24. The summed E-state index contributed by atoms with van der Waals surface area (Å²) in [4.78, 5) is 16.3. The normalized spacial score (nSPS) is 15.1. The summed E-state index contributed by atoms with van der Waals surface area (Å²) in [5.41, 5.74) is 1.40. The maximum absolute atomic E-state index is 13.0. The molecule has 0 bridgehead atoms. The number of benzene rings is 2. The van der Waals surface area contributed by atoms with Crippen molar-refractivity contribution >= 4 is 40.5 Å². The zero-order valence-corrected chi connectivity index (χ0v) is 15.5. The molecule has 0 aliphatic carbocycles. The van der Waals surface area contributed by atoms with Crippen molar-refractivity contribution in [2.24, 2.45) is 4.99 Å². The van der Waals surface area contributed by atoms with E-state index in [1.54, 1.807) is 26.4 Å². The first kappa shape index (κ1) is 17.4. The predicted molar refractivity (Wildman–Crippen MR) is 99.3 cm³/mol. The number of nitrogens with zero attached hydrogens (tertiary/aromatic N) is 1. The SMILES string of the molecule is COc1cc(/C=C2\N=C(c3ccc(F)cc3)OC2=O)cc(I)c1OC. The lowest BCUT2D eigenvalue weighted by molar-refractivity contribution is -0.129. The molecule has 0 N–H and O–H groups in total. The van der Waals surface area contributed by atoms with Crippen LogP contribution in [-0.4, -0.2) is 26.1 Å². The Bertz CT molecular complexity index is 891. The van der Waals surface area contributed by atoms with Crippen LogP contribution >= 0.6 is 22.6 Å². The number of hydrogen-bond donors (Lipinski definition) is 0. The zero-order valence-electron chi connectivity index (χ0n) is 13.4. The van der Waals surface area contributed by atoms with Crippen LogP contribution in [0.4, 0.5) is 4.39 Å². The van der Waals surface area contributed by atoms with Gasteiger partial charge in [-0.05, 0) is 70.6 Å². The monoisotopic (exact) mass is 453 g/mol. The standard InChI is InChI=1S/C18H13FINO4/c1-23-15-9-10(7-13(20)16(15)24-2)8-14-18(22)25-17(21-14)11-3-5-12(19)6-4-11/h3-9H,1-2H3/b14-8-. The van der Waals surface area contributed by atoms with Gasteiger partial charge >= 0.3 is 5.97 Å². The lowest BCUT2D eigenvalue weighted by Gasteiger charge is -2.10. The second kappa shape index (κ2) is 7.22. The number of ether oxygens (including phenoxy) is 3. The average Bonchev–Trinajstić information content (AvgIpc) is 2.95. The summed E-state index contributed by atoms with van der Waals surface area (Å²) in [5, 5.41) is 0. The van der Waals surface area contributed by atoms with Crippen molar-refractivity contribution in [1.29, 1.82) is 0 Å². The molecule has 2 aromatic carbocycles. The first-order valence-electron chi connectivity index (χ1n) is 7.22. The molecule has 0 saturated carbocycles. The van der Waals surface area contributed by atoms with Gasteiger partial charge in [0.1, 0.15) is 5.82 Å². The molecule has 25 heavy (non-hydrogen) atoms. The Morgan fingerprint density at radius 1 is 1.16 bits per heavy atom. The highest BCUT2D eigenvalue weighted by molar-refractivity contribution is 14.1. The van der Waals surface area contributed by atoms with Crippen molar-refractivity contribution in [3.63, 3.8) is 0 Å². The molecule has 0 aromatic heterocycles. The van der Waals surface area contributed by atoms with E-state index in [2.05, 4.69) is 27.6 Å². The van der Waals surface area contributed by atoms with Crippen molar-refractivity contribution in [3.05, 3.63) is 62.6 Å². The quantitative estimate of drug-likeness (QED) is 0.402. The molecule has 0 unspecified atom stereocenters. The van der Waals surface area contributed by atoms with Crippen LogP contribution < -0.4 is 9.47 Å². The zero-order chi connectivity index (χ0) is 18.0. The van der Waals surface area contributed by atoms with E-state index in [1.165, 1.54) is 24.3 Å². The van der Waals surface area contributed by atoms with Crippen LogP contribution in [0.3, 0.4) is 0 Å². The first-order valence-corrected chi connectivity index (χ1v) is 8.29. The molecule has 1 aliphatic heterocycles. The van der Waals surface area contributed by atoms with Crippen LogP contribution in [0.1, 0.15) is 11.1 Å². The van der Waals surface area contributed by atoms with E-state index >= 15 is 0 Å². The van der Waals surface area contributed by atoms with Gasteiger partial charge in [0.15, 0.2) is 17.2 Å². The molecular weight excluding hydrogens is 440 g/mol. The summed E-state index contributed by atoms with van der Waals surface area (Å²) in [6.07, 6.45) is 1.60. The van der Waals surface area contributed by atoms with E-state index in [0.29, 0.717) is 17.1 Å². The Hall–Kier alpha value is -2.42. The van der Waals surface area contributed by atoms with E-state index in [0.717, 1.165) is 9.13 Å². The maximum Gasteiger partial charge on any atom is 0.363 e. The highest BCUT2D eigenvalue weighted by atomic mass is 127. The van der Waals surface area contributed by atoms with Gasteiger partial charge in [-0.25, -0.2) is 14.2 Å². The third-order valence-corrected chi connectivity index (χ3v) is 4.27. The van der Waals surface area contributed by atoms with Crippen molar-refractivity contribution in [2.75, 3.05) is 14.2 Å². The van der Waals surface area contributed by atoms with Gasteiger partial charge in [-0.3, -0.25) is 0 Å². The Labute approximate surface area is 157 Å². The number of carbonyl (C=O) groups excluding carboxylic acids is 1. The number of aliphatic imine (C=N–C) groups is 1. The third kappa shape index (κ3) is 3.65. The van der Waals surface area contributed by atoms with E-state index in [1.807, 2.05) is 6.07 Å². The number of methoxy groups -OCH3 is 2. The van der Waals surface area contributed by atoms with E-state index < -0.39 is 5.97 Å². The molecule has 0 saturated heterocycles. The molecule has 1 aliphatic rings. The number of cyclic esters (lactones) is 1. The minimum atomic E-state index is -0.566. The minimum absolute atomic E-state index is 0.145. The molecule has 7 heteroatoms. The largest absolute Gasteiger partial charge is 0.493 e. The smallest absolute Gasteiger partial charge is 0.363 e. The fourth-order valence-corrected chi connectivity index (χ4v) is 3.15. The predicted octanol–water partition coefficient (Wildman–Crippen LogP) is 3.79. The lowest BCUT2D eigenvalue weighted by atomic mass is 10.1. The van der Waals surface area contributed by atoms with Gasteiger partial charge in [-0.15, -0.1) is 0 Å². The summed E-state index contributed by atoms with van der Waals surface area (Å²) in [7, 11) is 3.10. The van der Waals surface area contributed by atoms with Gasteiger partial charge in [-0.2, -0.15) is 0 Å². The molecule has 3 rings (SSSR count). The Kier molecular flexibility index (Phi) is 5.03. The molecule has 5 nitrogen and oxygen atoms in total. The van der Waals surface area contributed by atoms with E-state index in [-0.39, 0.29) is 17.4 Å². The Balaban J connectivity index is 1.97. The van der Waals surface area contributed by atoms with Crippen LogP contribution in [-0.2, 0) is 9.53 Å². The summed E-state index contributed by atoms with van der Waals surface area (Å²) in [6, 6.07) is 9.15. The van der Waals surface area contributed by atoms with Gasteiger partial charge in [0, 0.05) is 5.56 Å². The molecule has 128 valence electrons. The number of halogens is 2. The lowest BCUT2D eigenvalue weighted by Crippen LogP contribution is -2.05. The molecule has 0 spiro atoms. The van der Waals surface area contributed by atoms with Crippen LogP contribution in [0.2, 0.25) is 0 Å². The van der Waals surface area contributed by atoms with Crippen molar-refractivity contribution in [3.8, 4) is 11.5 Å². The molecule has 0 amide bonds. The van der Waals surface area contributed by atoms with Gasteiger partial charge < -0.3 is 14.2 Å². The molecule has 0 radical (unpaired) electrons. The van der Waals surface area contributed by atoms with Gasteiger partial charge in [-0.1, -0.05) is 0 Å². The molecular formula is C18H13FINO4. The molecule has 2 aromatic rings. The van der Waals surface area contributed by atoms with E-state index in [4.69, 9.17) is 14.2 Å². The molecule has 1 heterocycles. The Morgan fingerprint density at radius 2 is 1.88 bits per heavy atom. The number of carbonyl (C=O) groups is 1. The van der Waals surface area contributed by atoms with Crippen LogP contribution in [0.25, 0.3) is 6.08 Å². The van der Waals surface area contributed by atoms with Gasteiger partial charge in [0.25, 0.3) is 0 Å². The number of rotatable bonds is 4. The third-order valence-electron chi connectivity index (χ3n) is 3.47. The summed E-state index contributed by atoms with van der Waals surface area (Å²) >= 11 is 2.12. The average molecular weight is 453 g/mol. The maximum atomic E-state index is 13.0. The second-order valence-electron chi connectivity index (χ2n) is 5.08. The molecule has 0 atom stereocenters. The van der Waals surface area contributed by atoms with Gasteiger partial charge in [0.2, 0.25) is 5.90 Å². The minimum Gasteiger partial charge on any atom is -0.493 e. The number of hydrogen-bond acceptors (Lipinski definition) is 5. The van der Waals surface area contributed by atoms with Crippen LogP contribution in [0.5, 0.6) is 11.5 Å². The molecule has 0 fully saturated rings. The van der Waals surface area contributed by atoms with Crippen LogP contribution in [0.15, 0.2) is 47.1 Å². The Morgan fingerprint density at radius 3 is 2.52 bits per heavy atom. The topological polar surface area (TPSA) is 57.1 Å². The van der Waals surface area contributed by atoms with E-state index in [9.17, 15) is 9.18 Å². The highest BCUT2D eigenvalue weighted by Gasteiger charge is 2.24. The van der Waals surface area contributed by atoms with Crippen molar-refractivity contribution in [1.82, 2.24) is 0 Å². The van der Waals surface area contributed by atoms with Crippen LogP contribution in [0, 0.1) is 9.39 Å². The first-order chi connectivity index (χ1) is 12.0. The summed E-state index contributed by atoms with van der Waals surface area (Å²) in [6.45, 7) is 0. The van der Waals surface area contributed by atoms with Crippen molar-refractivity contribution < 1.29 is 23.4 Å². The fraction of sp³-hybridized carbons (Fsp3) is 0.111. The summed E-state index contributed by atoms with van der Waals surface area (Å²) < 4.78 is 29.6. The van der Waals surface area contributed by atoms with Crippen molar-refractivity contribution in [2.45, 2.75) is 0 Å².